The Morgan fingerprint density at radius 3 is 2.56 bits per heavy atom. The summed E-state index contributed by atoms with van der Waals surface area (Å²) in [7, 11) is 1.23. The molecule has 0 saturated heterocycles. The Hall–Kier alpha value is -2.43. The zero-order chi connectivity index (χ0) is 13.3. The number of methoxy groups -OCH3 is 1. The molecule has 0 aromatic heterocycles. The lowest BCUT2D eigenvalue weighted by Gasteiger charge is -2.11. The van der Waals surface area contributed by atoms with Gasteiger partial charge in [0.25, 0.3) is 5.91 Å². The lowest BCUT2D eigenvalue weighted by atomic mass is 10.1. The van der Waals surface area contributed by atoms with Crippen LogP contribution in [-0.4, -0.2) is 24.9 Å². The number of hydrogen-bond donors (Lipinski definition) is 0. The van der Waals surface area contributed by atoms with Crippen LogP contribution in [0.25, 0.3) is 5.57 Å². The standard InChI is InChI=1S/C13H11NO4/c1-8(15)14-11-6-4-3-5-9(11)10(13(14)17)7-12(16)18-2/h3-7H,1-2H3/b10-7-. The fraction of sp³-hybridized carbons (Fsp3) is 0.154. The molecule has 0 fully saturated rings. The number of para-hydroxylation sites is 1. The molecule has 1 heterocycles. The number of fused-ring (bicyclic) bond motifs is 1. The van der Waals surface area contributed by atoms with Crippen LogP contribution in [0.5, 0.6) is 0 Å². The molecule has 0 N–H and O–H groups in total. The maximum absolute atomic E-state index is 12.1. The van der Waals surface area contributed by atoms with E-state index >= 15 is 0 Å². The molecule has 0 unspecified atom stereocenters. The molecule has 5 heteroatoms. The summed E-state index contributed by atoms with van der Waals surface area (Å²) in [6, 6.07) is 6.81. The Labute approximate surface area is 104 Å². The van der Waals surface area contributed by atoms with E-state index < -0.39 is 11.9 Å². The van der Waals surface area contributed by atoms with Gasteiger partial charge in [0.15, 0.2) is 0 Å². The molecule has 1 aliphatic heterocycles. The Bertz CT molecular complexity index is 574. The van der Waals surface area contributed by atoms with E-state index in [1.807, 2.05) is 0 Å². The van der Waals surface area contributed by atoms with Crippen molar-refractivity contribution in [2.45, 2.75) is 6.92 Å². The first-order valence-electron chi connectivity index (χ1n) is 5.30. The van der Waals surface area contributed by atoms with Gasteiger partial charge >= 0.3 is 5.97 Å². The van der Waals surface area contributed by atoms with Gasteiger partial charge in [-0.2, -0.15) is 0 Å². The Morgan fingerprint density at radius 1 is 1.28 bits per heavy atom. The minimum absolute atomic E-state index is 0.174. The Balaban J connectivity index is 2.59. The number of ether oxygens (including phenoxy) is 1. The summed E-state index contributed by atoms with van der Waals surface area (Å²) in [4.78, 5) is 35.9. The summed E-state index contributed by atoms with van der Waals surface area (Å²) < 4.78 is 4.50. The highest BCUT2D eigenvalue weighted by Gasteiger charge is 2.35. The van der Waals surface area contributed by atoms with Crippen LogP contribution in [-0.2, 0) is 19.1 Å². The van der Waals surface area contributed by atoms with Gasteiger partial charge in [-0.15, -0.1) is 0 Å². The molecule has 18 heavy (non-hydrogen) atoms. The average molecular weight is 245 g/mol. The predicted molar refractivity (Wildman–Crippen MR) is 64.6 cm³/mol. The molecule has 92 valence electrons. The third kappa shape index (κ3) is 1.79. The largest absolute Gasteiger partial charge is 0.466 e. The first kappa shape index (κ1) is 12.0. The average Bonchev–Trinajstić information content (AvgIpc) is 2.62. The second-order valence-electron chi connectivity index (χ2n) is 3.76. The zero-order valence-electron chi connectivity index (χ0n) is 9.97. The predicted octanol–water partition coefficient (Wildman–Crippen LogP) is 1.14. The highest BCUT2D eigenvalue weighted by Crippen LogP contribution is 2.36. The molecule has 0 spiro atoms. The maximum atomic E-state index is 12.1. The van der Waals surface area contributed by atoms with Gasteiger partial charge in [-0.1, -0.05) is 18.2 Å². The SMILES string of the molecule is COC(=O)/C=C1\C(=O)N(C(C)=O)c2ccccc21. The number of esters is 1. The molecular formula is C13H11NO4. The highest BCUT2D eigenvalue weighted by molar-refractivity contribution is 6.40. The van der Waals surface area contributed by atoms with Crippen molar-refractivity contribution < 1.29 is 19.1 Å². The van der Waals surface area contributed by atoms with E-state index in [4.69, 9.17) is 0 Å². The molecule has 1 aliphatic rings. The van der Waals surface area contributed by atoms with E-state index in [2.05, 4.69) is 4.74 Å². The van der Waals surface area contributed by atoms with Crippen molar-refractivity contribution in [3.8, 4) is 0 Å². The van der Waals surface area contributed by atoms with E-state index in [1.165, 1.54) is 14.0 Å². The van der Waals surface area contributed by atoms with Crippen molar-refractivity contribution >= 4 is 29.0 Å². The molecule has 2 amide bonds. The van der Waals surface area contributed by atoms with Gasteiger partial charge < -0.3 is 4.74 Å². The van der Waals surface area contributed by atoms with Crippen molar-refractivity contribution in [2.75, 3.05) is 12.0 Å². The number of benzene rings is 1. The monoisotopic (exact) mass is 245 g/mol. The van der Waals surface area contributed by atoms with E-state index in [0.717, 1.165) is 11.0 Å². The van der Waals surface area contributed by atoms with Crippen LogP contribution in [0.3, 0.4) is 0 Å². The molecule has 0 aliphatic carbocycles. The smallest absolute Gasteiger partial charge is 0.331 e. The van der Waals surface area contributed by atoms with Gasteiger partial charge in [-0.25, -0.2) is 9.69 Å². The quantitative estimate of drug-likeness (QED) is 0.549. The topological polar surface area (TPSA) is 63.7 Å². The van der Waals surface area contributed by atoms with E-state index in [1.54, 1.807) is 24.3 Å². The van der Waals surface area contributed by atoms with Crippen molar-refractivity contribution in [3.63, 3.8) is 0 Å². The van der Waals surface area contributed by atoms with Gasteiger partial charge in [0.05, 0.1) is 18.4 Å². The van der Waals surface area contributed by atoms with E-state index in [0.29, 0.717) is 11.3 Å². The minimum atomic E-state index is -0.626. The third-order valence-corrected chi connectivity index (χ3v) is 2.65. The molecule has 0 atom stereocenters. The zero-order valence-corrected chi connectivity index (χ0v) is 9.97. The molecule has 0 saturated carbocycles. The number of carbonyl (C=O) groups excluding carboxylic acids is 3. The normalized spacial score (nSPS) is 15.8. The number of anilines is 1. The molecule has 5 nitrogen and oxygen atoms in total. The first-order chi connectivity index (χ1) is 8.56. The van der Waals surface area contributed by atoms with Crippen LogP contribution in [0.2, 0.25) is 0 Å². The maximum Gasteiger partial charge on any atom is 0.331 e. The summed E-state index contributed by atoms with van der Waals surface area (Å²) in [6.07, 6.45) is 1.10. The third-order valence-electron chi connectivity index (χ3n) is 2.65. The van der Waals surface area contributed by atoms with Crippen molar-refractivity contribution in [1.29, 1.82) is 0 Å². The number of amides is 2. The molecule has 0 bridgehead atoms. The Kier molecular flexibility index (Phi) is 2.97. The second-order valence-corrected chi connectivity index (χ2v) is 3.76. The highest BCUT2D eigenvalue weighted by atomic mass is 16.5. The van der Waals surface area contributed by atoms with Gasteiger partial charge in [0, 0.05) is 18.6 Å². The number of carbonyl (C=O) groups is 3. The fourth-order valence-corrected chi connectivity index (χ4v) is 1.87. The van der Waals surface area contributed by atoms with Crippen LogP contribution in [0.1, 0.15) is 12.5 Å². The van der Waals surface area contributed by atoms with Crippen LogP contribution in [0.15, 0.2) is 30.3 Å². The number of hydrogen-bond acceptors (Lipinski definition) is 4. The van der Waals surface area contributed by atoms with Gasteiger partial charge in [-0.05, 0) is 6.07 Å². The van der Waals surface area contributed by atoms with Gasteiger partial charge in [0.1, 0.15) is 0 Å². The molecule has 1 aromatic carbocycles. The molecule has 1 aromatic rings. The number of nitrogens with zero attached hydrogens (tertiary/aromatic N) is 1. The summed E-state index contributed by atoms with van der Waals surface area (Å²) in [5.74, 6) is -1.52. The van der Waals surface area contributed by atoms with Crippen LogP contribution >= 0.6 is 0 Å². The lowest BCUT2D eigenvalue weighted by molar-refractivity contribution is -0.135. The van der Waals surface area contributed by atoms with Crippen LogP contribution in [0.4, 0.5) is 5.69 Å². The summed E-state index contributed by atoms with van der Waals surface area (Å²) in [5.41, 5.74) is 1.22. The van der Waals surface area contributed by atoms with Crippen LogP contribution < -0.4 is 4.90 Å². The molecular weight excluding hydrogens is 234 g/mol. The van der Waals surface area contributed by atoms with Gasteiger partial charge in [-0.3, -0.25) is 9.59 Å². The second kappa shape index (κ2) is 4.44. The summed E-state index contributed by atoms with van der Waals surface area (Å²) in [5, 5.41) is 0. The van der Waals surface area contributed by atoms with Crippen molar-refractivity contribution in [3.05, 3.63) is 35.9 Å². The minimum Gasteiger partial charge on any atom is -0.466 e. The van der Waals surface area contributed by atoms with Crippen LogP contribution in [0, 0.1) is 0 Å². The fourth-order valence-electron chi connectivity index (χ4n) is 1.87. The number of imide groups is 1. The van der Waals surface area contributed by atoms with E-state index in [9.17, 15) is 14.4 Å². The molecule has 0 radical (unpaired) electrons. The summed E-state index contributed by atoms with van der Waals surface area (Å²) in [6.45, 7) is 1.30. The van der Waals surface area contributed by atoms with Crippen molar-refractivity contribution in [2.24, 2.45) is 0 Å². The first-order valence-corrected chi connectivity index (χ1v) is 5.30. The van der Waals surface area contributed by atoms with E-state index in [-0.39, 0.29) is 11.5 Å². The van der Waals surface area contributed by atoms with Gasteiger partial charge in [0.2, 0.25) is 5.91 Å². The Morgan fingerprint density at radius 2 is 1.94 bits per heavy atom. The number of rotatable bonds is 1. The lowest BCUT2D eigenvalue weighted by Crippen LogP contribution is -2.31. The van der Waals surface area contributed by atoms with Crippen molar-refractivity contribution in [1.82, 2.24) is 0 Å². The summed E-state index contributed by atoms with van der Waals surface area (Å²) >= 11 is 0. The molecule has 2 rings (SSSR count).